The third kappa shape index (κ3) is 1.44. The summed E-state index contributed by atoms with van der Waals surface area (Å²) in [5.74, 6) is 0. The summed E-state index contributed by atoms with van der Waals surface area (Å²) in [6.45, 7) is 3.77. The van der Waals surface area contributed by atoms with Gasteiger partial charge in [0, 0.05) is 12.1 Å². The van der Waals surface area contributed by atoms with Crippen LogP contribution >= 0.6 is 0 Å². The Hall–Kier alpha value is -0.0400. The van der Waals surface area contributed by atoms with Crippen molar-refractivity contribution < 1.29 is 0 Å². The van der Waals surface area contributed by atoms with Crippen molar-refractivity contribution in [3.8, 4) is 0 Å². The predicted octanol–water partition coefficient (Wildman–Crippen LogP) is 2.41. The molecule has 1 unspecified atom stereocenters. The maximum Gasteiger partial charge on any atom is 0.00980 e. The van der Waals surface area contributed by atoms with E-state index in [2.05, 4.69) is 11.8 Å². The Morgan fingerprint density at radius 3 is 2.27 bits per heavy atom. The molecule has 1 atom stereocenters. The smallest absolute Gasteiger partial charge is 0.00980 e. The molecule has 1 heteroatoms. The molecule has 0 amide bonds. The highest BCUT2D eigenvalue weighted by molar-refractivity contribution is 4.84. The third-order valence-corrected chi connectivity index (χ3v) is 3.40. The summed E-state index contributed by atoms with van der Waals surface area (Å²) in [5, 5.41) is 0. The predicted molar refractivity (Wildman–Crippen MR) is 47.7 cm³/mol. The molecule has 64 valence electrons. The minimum absolute atomic E-state index is 0.887. The van der Waals surface area contributed by atoms with Crippen LogP contribution < -0.4 is 0 Å². The van der Waals surface area contributed by atoms with E-state index in [1.54, 1.807) is 0 Å². The van der Waals surface area contributed by atoms with Crippen molar-refractivity contribution in [1.29, 1.82) is 0 Å². The molecule has 1 nitrogen and oxygen atoms in total. The van der Waals surface area contributed by atoms with Crippen LogP contribution in [0.4, 0.5) is 0 Å². The molecule has 0 aromatic rings. The van der Waals surface area contributed by atoms with Crippen molar-refractivity contribution in [2.75, 3.05) is 6.54 Å². The summed E-state index contributed by atoms with van der Waals surface area (Å²) < 4.78 is 0. The van der Waals surface area contributed by atoms with Crippen LogP contribution in [0.3, 0.4) is 0 Å². The highest BCUT2D eigenvalue weighted by atomic mass is 15.2. The second-order valence-electron chi connectivity index (χ2n) is 4.17. The molecule has 1 saturated carbocycles. The highest BCUT2D eigenvalue weighted by Crippen LogP contribution is 2.29. The van der Waals surface area contributed by atoms with Gasteiger partial charge in [-0.15, -0.1) is 0 Å². The lowest BCUT2D eigenvalue weighted by molar-refractivity contribution is 0.192. The van der Waals surface area contributed by atoms with Crippen LogP contribution in [0.2, 0.25) is 0 Å². The molecule has 2 fully saturated rings. The van der Waals surface area contributed by atoms with E-state index >= 15 is 0 Å². The molecular formula is C10H19N. The first-order valence-electron chi connectivity index (χ1n) is 5.13. The van der Waals surface area contributed by atoms with E-state index in [9.17, 15) is 0 Å². The average Bonchev–Trinajstić information content (AvgIpc) is 2.55. The van der Waals surface area contributed by atoms with Crippen molar-refractivity contribution in [3.05, 3.63) is 0 Å². The van der Waals surface area contributed by atoms with Gasteiger partial charge in [0.15, 0.2) is 0 Å². The molecule has 1 aliphatic heterocycles. The van der Waals surface area contributed by atoms with E-state index in [1.807, 2.05) is 0 Å². The maximum absolute atomic E-state index is 2.74. The zero-order chi connectivity index (χ0) is 7.68. The molecule has 1 saturated heterocycles. The fourth-order valence-corrected chi connectivity index (χ4v) is 2.73. The lowest BCUT2D eigenvalue weighted by atomic mass is 10.2. The van der Waals surface area contributed by atoms with Gasteiger partial charge < -0.3 is 0 Å². The van der Waals surface area contributed by atoms with Gasteiger partial charge in [0.25, 0.3) is 0 Å². The summed E-state index contributed by atoms with van der Waals surface area (Å²) in [4.78, 5) is 2.74. The molecule has 0 spiro atoms. The van der Waals surface area contributed by atoms with Gasteiger partial charge in [0.2, 0.25) is 0 Å². The van der Waals surface area contributed by atoms with Crippen molar-refractivity contribution in [1.82, 2.24) is 4.90 Å². The van der Waals surface area contributed by atoms with E-state index in [-0.39, 0.29) is 0 Å². The molecule has 0 aromatic heterocycles. The number of likely N-dealkylation sites (tertiary alicyclic amines) is 1. The normalized spacial score (nSPS) is 35.2. The first-order valence-corrected chi connectivity index (χ1v) is 5.13. The quantitative estimate of drug-likeness (QED) is 0.559. The van der Waals surface area contributed by atoms with E-state index in [1.165, 1.54) is 45.1 Å². The second kappa shape index (κ2) is 3.14. The molecule has 0 bridgehead atoms. The Morgan fingerprint density at radius 1 is 1.00 bits per heavy atom. The zero-order valence-electron chi connectivity index (χ0n) is 7.55. The highest BCUT2D eigenvalue weighted by Gasteiger charge is 2.29. The van der Waals surface area contributed by atoms with Crippen LogP contribution in [0.25, 0.3) is 0 Å². The molecule has 0 radical (unpaired) electrons. The molecule has 11 heavy (non-hydrogen) atoms. The van der Waals surface area contributed by atoms with Gasteiger partial charge in [0.1, 0.15) is 0 Å². The van der Waals surface area contributed by atoms with E-state index in [4.69, 9.17) is 0 Å². The van der Waals surface area contributed by atoms with Crippen LogP contribution in [-0.4, -0.2) is 23.5 Å². The fraction of sp³-hybridized carbons (Fsp3) is 1.00. The second-order valence-corrected chi connectivity index (χ2v) is 4.17. The maximum atomic E-state index is 2.74. The number of hydrogen-bond acceptors (Lipinski definition) is 1. The zero-order valence-corrected chi connectivity index (χ0v) is 7.55. The molecule has 0 aromatic carbocycles. The summed E-state index contributed by atoms with van der Waals surface area (Å²) in [6.07, 6.45) is 8.80. The lowest BCUT2D eigenvalue weighted by Crippen LogP contribution is -2.35. The third-order valence-electron chi connectivity index (χ3n) is 3.40. The topological polar surface area (TPSA) is 3.24 Å². The Morgan fingerprint density at radius 2 is 1.73 bits per heavy atom. The first kappa shape index (κ1) is 7.60. The number of hydrogen-bond donors (Lipinski definition) is 0. The van der Waals surface area contributed by atoms with Gasteiger partial charge >= 0.3 is 0 Å². The van der Waals surface area contributed by atoms with Gasteiger partial charge in [-0.05, 0) is 39.2 Å². The lowest BCUT2D eigenvalue weighted by Gasteiger charge is -2.27. The SMILES string of the molecule is CC1CCCN1C1CCCC1. The molecule has 0 N–H and O–H groups in total. The van der Waals surface area contributed by atoms with Gasteiger partial charge in [-0.2, -0.15) is 0 Å². The standard InChI is InChI=1S/C10H19N/c1-9-5-4-8-11(9)10-6-2-3-7-10/h9-10H,2-8H2,1H3. The minimum Gasteiger partial charge on any atom is -0.298 e. The summed E-state index contributed by atoms with van der Waals surface area (Å²) in [5.41, 5.74) is 0. The van der Waals surface area contributed by atoms with Crippen LogP contribution in [0.5, 0.6) is 0 Å². The van der Waals surface area contributed by atoms with Crippen molar-refractivity contribution in [2.45, 2.75) is 57.5 Å². The van der Waals surface area contributed by atoms with Crippen LogP contribution in [0.15, 0.2) is 0 Å². The molecule has 2 rings (SSSR count). The van der Waals surface area contributed by atoms with Crippen molar-refractivity contribution in [3.63, 3.8) is 0 Å². The molecule has 2 aliphatic rings. The van der Waals surface area contributed by atoms with Gasteiger partial charge in [0.05, 0.1) is 0 Å². The number of nitrogens with zero attached hydrogens (tertiary/aromatic N) is 1. The van der Waals surface area contributed by atoms with Crippen molar-refractivity contribution >= 4 is 0 Å². The number of rotatable bonds is 1. The molecular weight excluding hydrogens is 134 g/mol. The molecule has 1 aliphatic carbocycles. The minimum atomic E-state index is 0.887. The summed E-state index contributed by atoms with van der Waals surface area (Å²) >= 11 is 0. The van der Waals surface area contributed by atoms with Crippen molar-refractivity contribution in [2.24, 2.45) is 0 Å². The van der Waals surface area contributed by atoms with Gasteiger partial charge in [-0.1, -0.05) is 12.8 Å². The van der Waals surface area contributed by atoms with Gasteiger partial charge in [-0.25, -0.2) is 0 Å². The van der Waals surface area contributed by atoms with Gasteiger partial charge in [-0.3, -0.25) is 4.90 Å². The van der Waals surface area contributed by atoms with E-state index in [0.717, 1.165) is 12.1 Å². The van der Waals surface area contributed by atoms with E-state index in [0.29, 0.717) is 0 Å². The Labute approximate surface area is 69.8 Å². The Kier molecular flexibility index (Phi) is 2.17. The first-order chi connectivity index (χ1) is 5.38. The van der Waals surface area contributed by atoms with Crippen LogP contribution in [0, 0.1) is 0 Å². The van der Waals surface area contributed by atoms with E-state index < -0.39 is 0 Å². The molecule has 1 heterocycles. The Balaban J connectivity index is 1.92. The van der Waals surface area contributed by atoms with Crippen LogP contribution in [-0.2, 0) is 0 Å². The average molecular weight is 153 g/mol. The van der Waals surface area contributed by atoms with Crippen LogP contribution in [0.1, 0.15) is 45.4 Å². The summed E-state index contributed by atoms with van der Waals surface area (Å²) in [7, 11) is 0. The Bertz CT molecular complexity index is 127. The monoisotopic (exact) mass is 153 g/mol. The summed E-state index contributed by atoms with van der Waals surface area (Å²) in [6, 6.07) is 1.85. The largest absolute Gasteiger partial charge is 0.298 e. The fourth-order valence-electron chi connectivity index (χ4n) is 2.73.